The quantitative estimate of drug-likeness (QED) is 0.819. The van der Waals surface area contributed by atoms with E-state index in [0.717, 1.165) is 0 Å². The van der Waals surface area contributed by atoms with Crippen molar-refractivity contribution in [3.63, 3.8) is 0 Å². The van der Waals surface area contributed by atoms with Crippen LogP contribution in [0.25, 0.3) is 6.08 Å². The monoisotopic (exact) mass is 217 g/mol. The third-order valence-electron chi connectivity index (χ3n) is 1.50. The van der Waals surface area contributed by atoms with E-state index in [-0.39, 0.29) is 4.90 Å². The van der Waals surface area contributed by atoms with E-state index < -0.39 is 10.0 Å². The van der Waals surface area contributed by atoms with Crippen LogP contribution in [0, 0.1) is 0 Å². The van der Waals surface area contributed by atoms with E-state index in [4.69, 9.17) is 16.7 Å². The third-order valence-corrected chi connectivity index (χ3v) is 2.70. The van der Waals surface area contributed by atoms with Gasteiger partial charge in [-0.15, -0.1) is 0 Å². The van der Waals surface area contributed by atoms with Gasteiger partial charge in [0.25, 0.3) is 0 Å². The number of hydrogen-bond acceptors (Lipinski definition) is 2. The summed E-state index contributed by atoms with van der Waals surface area (Å²) in [5.74, 6) is 0. The molecule has 0 aliphatic carbocycles. The molecule has 0 saturated heterocycles. The Morgan fingerprint density at radius 3 is 2.54 bits per heavy atom. The molecular formula is C8H8ClNO2S. The highest BCUT2D eigenvalue weighted by Gasteiger charge is 2.11. The molecule has 70 valence electrons. The summed E-state index contributed by atoms with van der Waals surface area (Å²) >= 11 is 5.63. The second-order valence-electron chi connectivity index (χ2n) is 2.43. The van der Waals surface area contributed by atoms with Gasteiger partial charge in [-0.25, -0.2) is 13.6 Å². The number of hydrogen-bond donors (Lipinski definition) is 1. The van der Waals surface area contributed by atoms with Gasteiger partial charge in [0, 0.05) is 5.02 Å². The summed E-state index contributed by atoms with van der Waals surface area (Å²) < 4.78 is 22.1. The first kappa shape index (κ1) is 10.2. The minimum atomic E-state index is -3.72. The first-order chi connectivity index (χ1) is 5.95. The van der Waals surface area contributed by atoms with Crippen LogP contribution in [0.15, 0.2) is 29.7 Å². The molecule has 0 fully saturated rings. The van der Waals surface area contributed by atoms with Gasteiger partial charge in [0.15, 0.2) is 0 Å². The lowest BCUT2D eigenvalue weighted by atomic mass is 10.2. The van der Waals surface area contributed by atoms with Gasteiger partial charge in [-0.1, -0.05) is 30.3 Å². The van der Waals surface area contributed by atoms with Crippen LogP contribution in [0.5, 0.6) is 0 Å². The van der Waals surface area contributed by atoms with Crippen molar-refractivity contribution < 1.29 is 8.42 Å². The molecule has 1 aromatic carbocycles. The van der Waals surface area contributed by atoms with Gasteiger partial charge in [0.05, 0.1) is 4.90 Å². The molecule has 5 heteroatoms. The normalized spacial score (nSPS) is 11.2. The summed E-state index contributed by atoms with van der Waals surface area (Å²) in [6.07, 6.45) is 1.41. The maximum absolute atomic E-state index is 11.0. The van der Waals surface area contributed by atoms with E-state index in [1.54, 1.807) is 12.1 Å². The number of sulfonamides is 1. The number of nitrogens with two attached hydrogens (primary N) is 1. The lowest BCUT2D eigenvalue weighted by Gasteiger charge is -2.03. The minimum absolute atomic E-state index is 0.00463. The first-order valence-corrected chi connectivity index (χ1v) is 5.32. The average molecular weight is 218 g/mol. The molecule has 0 spiro atoms. The fourth-order valence-electron chi connectivity index (χ4n) is 0.923. The van der Waals surface area contributed by atoms with E-state index in [9.17, 15) is 8.42 Å². The third kappa shape index (κ3) is 2.30. The summed E-state index contributed by atoms with van der Waals surface area (Å²) in [5.41, 5.74) is 0.451. The largest absolute Gasteiger partial charge is 0.238 e. The van der Waals surface area contributed by atoms with Crippen LogP contribution in [-0.4, -0.2) is 8.42 Å². The van der Waals surface area contributed by atoms with Gasteiger partial charge in [0.1, 0.15) is 0 Å². The van der Waals surface area contributed by atoms with Gasteiger partial charge in [-0.2, -0.15) is 0 Å². The highest BCUT2D eigenvalue weighted by Crippen LogP contribution is 2.20. The van der Waals surface area contributed by atoms with Crippen molar-refractivity contribution >= 4 is 27.7 Å². The lowest BCUT2D eigenvalue weighted by molar-refractivity contribution is 0.597. The van der Waals surface area contributed by atoms with Crippen molar-refractivity contribution in [3.8, 4) is 0 Å². The molecule has 1 aromatic rings. The van der Waals surface area contributed by atoms with Crippen LogP contribution in [-0.2, 0) is 10.0 Å². The molecule has 0 atom stereocenters. The molecule has 13 heavy (non-hydrogen) atoms. The summed E-state index contributed by atoms with van der Waals surface area (Å²) in [4.78, 5) is -0.00463. The van der Waals surface area contributed by atoms with Crippen LogP contribution in [0.2, 0.25) is 5.02 Å². The van der Waals surface area contributed by atoms with E-state index in [1.807, 2.05) is 0 Å². The first-order valence-electron chi connectivity index (χ1n) is 3.40. The van der Waals surface area contributed by atoms with E-state index in [1.165, 1.54) is 12.1 Å². The second-order valence-corrected chi connectivity index (χ2v) is 4.40. The topological polar surface area (TPSA) is 60.2 Å². The predicted molar refractivity (Wildman–Crippen MR) is 52.9 cm³/mol. The van der Waals surface area contributed by atoms with Crippen molar-refractivity contribution in [1.82, 2.24) is 0 Å². The molecule has 0 unspecified atom stereocenters. The number of halogens is 1. The van der Waals surface area contributed by atoms with Crippen molar-refractivity contribution in [2.24, 2.45) is 5.14 Å². The SMILES string of the molecule is C=Cc1ccc(Cl)cc1S(N)(=O)=O. The number of benzene rings is 1. The van der Waals surface area contributed by atoms with Gasteiger partial charge in [0.2, 0.25) is 10.0 Å². The van der Waals surface area contributed by atoms with E-state index >= 15 is 0 Å². The summed E-state index contributed by atoms with van der Waals surface area (Å²) in [5, 5.41) is 5.30. The van der Waals surface area contributed by atoms with E-state index in [2.05, 4.69) is 6.58 Å². The fourth-order valence-corrected chi connectivity index (χ4v) is 1.93. The second kappa shape index (κ2) is 3.49. The molecule has 3 nitrogen and oxygen atoms in total. The highest BCUT2D eigenvalue weighted by atomic mass is 35.5. The zero-order valence-electron chi connectivity index (χ0n) is 6.70. The molecule has 0 aliphatic rings. The smallest absolute Gasteiger partial charge is 0.225 e. The van der Waals surface area contributed by atoms with Gasteiger partial charge < -0.3 is 0 Å². The Morgan fingerprint density at radius 2 is 2.08 bits per heavy atom. The Hall–Kier alpha value is -0.840. The molecule has 2 N–H and O–H groups in total. The molecule has 0 saturated carbocycles. The molecule has 0 bridgehead atoms. The molecule has 0 aliphatic heterocycles. The maximum Gasteiger partial charge on any atom is 0.238 e. The van der Waals surface area contributed by atoms with Gasteiger partial charge in [-0.3, -0.25) is 0 Å². The fraction of sp³-hybridized carbons (Fsp3) is 0. The summed E-state index contributed by atoms with van der Waals surface area (Å²) in [6.45, 7) is 3.47. The Bertz CT molecular complexity index is 439. The standard InChI is InChI=1S/C8H8ClNO2S/c1-2-6-3-4-7(9)5-8(6)13(10,11)12/h2-5H,1H2,(H2,10,11,12). The summed E-state index contributed by atoms with van der Waals surface area (Å²) in [7, 11) is -3.72. The zero-order valence-corrected chi connectivity index (χ0v) is 8.27. The van der Waals surface area contributed by atoms with E-state index in [0.29, 0.717) is 10.6 Å². The van der Waals surface area contributed by atoms with Crippen LogP contribution < -0.4 is 5.14 Å². The van der Waals surface area contributed by atoms with Gasteiger partial charge >= 0.3 is 0 Å². The Morgan fingerprint density at radius 1 is 1.46 bits per heavy atom. The maximum atomic E-state index is 11.0. The predicted octanol–water partition coefficient (Wildman–Crippen LogP) is 1.63. The number of rotatable bonds is 2. The molecule has 1 rings (SSSR count). The van der Waals surface area contributed by atoms with Gasteiger partial charge in [-0.05, 0) is 17.7 Å². The van der Waals surface area contributed by atoms with Crippen molar-refractivity contribution in [3.05, 3.63) is 35.4 Å². The summed E-state index contributed by atoms with van der Waals surface area (Å²) in [6, 6.07) is 4.43. The Labute approximate surface area is 81.9 Å². The van der Waals surface area contributed by atoms with Crippen molar-refractivity contribution in [1.29, 1.82) is 0 Å². The molecule has 0 radical (unpaired) electrons. The molecule has 0 aromatic heterocycles. The molecule has 0 heterocycles. The average Bonchev–Trinajstić information content (AvgIpc) is 2.03. The van der Waals surface area contributed by atoms with Crippen LogP contribution >= 0.6 is 11.6 Å². The molecular weight excluding hydrogens is 210 g/mol. The number of primary sulfonamides is 1. The van der Waals surface area contributed by atoms with Crippen molar-refractivity contribution in [2.75, 3.05) is 0 Å². The van der Waals surface area contributed by atoms with Crippen LogP contribution in [0.4, 0.5) is 0 Å². The Kier molecular flexibility index (Phi) is 2.75. The van der Waals surface area contributed by atoms with Crippen molar-refractivity contribution in [2.45, 2.75) is 4.90 Å². The van der Waals surface area contributed by atoms with Crippen LogP contribution in [0.1, 0.15) is 5.56 Å². The Balaban J connectivity index is 3.50. The lowest BCUT2D eigenvalue weighted by Crippen LogP contribution is -2.13. The highest BCUT2D eigenvalue weighted by molar-refractivity contribution is 7.89. The van der Waals surface area contributed by atoms with Crippen LogP contribution in [0.3, 0.4) is 0 Å². The molecule has 0 amide bonds. The minimum Gasteiger partial charge on any atom is -0.225 e. The zero-order chi connectivity index (χ0) is 10.1.